The second-order valence-corrected chi connectivity index (χ2v) is 6.63. The minimum Gasteiger partial charge on any atom is -0.422 e. The number of fused-ring (bicyclic) bond motifs is 1. The van der Waals surface area contributed by atoms with Gasteiger partial charge in [-0.3, -0.25) is 0 Å². The molecule has 0 bridgehead atoms. The van der Waals surface area contributed by atoms with E-state index in [1.165, 1.54) is 0 Å². The van der Waals surface area contributed by atoms with Gasteiger partial charge >= 0.3 is 5.63 Å². The van der Waals surface area contributed by atoms with Crippen LogP contribution in [0.3, 0.4) is 0 Å². The quantitative estimate of drug-likeness (QED) is 0.472. The normalized spacial score (nSPS) is 11.1. The molecule has 142 valence electrons. The first kappa shape index (κ1) is 18.0. The fourth-order valence-corrected chi connectivity index (χ4v) is 3.19. The molecular formula is C22H21N3O3. The molecule has 0 radical (unpaired) electrons. The third kappa shape index (κ3) is 3.29. The summed E-state index contributed by atoms with van der Waals surface area (Å²) in [6.45, 7) is 7.96. The molecule has 2 heterocycles. The second kappa shape index (κ2) is 7.31. The maximum atomic E-state index is 12.5. The number of nitrogens with zero attached hydrogens (tertiary/aromatic N) is 3. The number of anilines is 1. The molecule has 0 saturated heterocycles. The number of rotatable bonds is 5. The van der Waals surface area contributed by atoms with Gasteiger partial charge in [0.2, 0.25) is 5.82 Å². The van der Waals surface area contributed by atoms with Crippen LogP contribution in [0, 0.1) is 6.92 Å². The molecular weight excluding hydrogens is 354 g/mol. The van der Waals surface area contributed by atoms with E-state index in [1.807, 2.05) is 49.4 Å². The highest BCUT2D eigenvalue weighted by molar-refractivity contribution is 5.83. The van der Waals surface area contributed by atoms with Crippen LogP contribution in [-0.2, 0) is 0 Å². The highest BCUT2D eigenvalue weighted by Gasteiger charge is 2.16. The van der Waals surface area contributed by atoms with Crippen LogP contribution in [0.5, 0.6) is 0 Å². The average Bonchev–Trinajstić information content (AvgIpc) is 3.19. The maximum absolute atomic E-state index is 12.5. The van der Waals surface area contributed by atoms with E-state index in [1.54, 1.807) is 6.07 Å². The Labute approximate surface area is 162 Å². The molecule has 4 aromatic rings. The molecule has 0 unspecified atom stereocenters. The number of hydrogen-bond donors (Lipinski definition) is 0. The molecule has 0 aliphatic heterocycles. The summed E-state index contributed by atoms with van der Waals surface area (Å²) in [5, 5.41) is 4.81. The summed E-state index contributed by atoms with van der Waals surface area (Å²) in [5.74, 6) is 0.588. The molecule has 0 saturated carbocycles. The largest absolute Gasteiger partial charge is 0.422 e. The van der Waals surface area contributed by atoms with E-state index in [0.717, 1.165) is 35.3 Å². The van der Waals surface area contributed by atoms with Crippen LogP contribution in [0.2, 0.25) is 0 Å². The third-order valence-corrected chi connectivity index (χ3v) is 4.81. The molecule has 2 aromatic heterocycles. The summed E-state index contributed by atoms with van der Waals surface area (Å²) in [4.78, 5) is 19.1. The van der Waals surface area contributed by atoms with Gasteiger partial charge in [-0.2, -0.15) is 4.98 Å². The summed E-state index contributed by atoms with van der Waals surface area (Å²) < 4.78 is 10.9. The van der Waals surface area contributed by atoms with E-state index in [2.05, 4.69) is 28.9 Å². The SMILES string of the molecule is CCN(CC)c1ccc2cc(-c3nc(-c4ccc(C)cc4)no3)c(=O)oc2c1. The predicted octanol–water partition coefficient (Wildman–Crippen LogP) is 4.66. The summed E-state index contributed by atoms with van der Waals surface area (Å²) in [6.07, 6.45) is 0. The summed E-state index contributed by atoms with van der Waals surface area (Å²) in [7, 11) is 0. The van der Waals surface area contributed by atoms with Gasteiger partial charge in [0.05, 0.1) is 0 Å². The van der Waals surface area contributed by atoms with Gasteiger partial charge in [-0.15, -0.1) is 0 Å². The van der Waals surface area contributed by atoms with Crippen molar-refractivity contribution < 1.29 is 8.94 Å². The van der Waals surface area contributed by atoms with Crippen LogP contribution >= 0.6 is 0 Å². The molecule has 0 amide bonds. The Bertz CT molecular complexity index is 1170. The molecule has 6 nitrogen and oxygen atoms in total. The Morgan fingerprint density at radius 2 is 1.75 bits per heavy atom. The van der Waals surface area contributed by atoms with E-state index in [0.29, 0.717) is 11.4 Å². The maximum Gasteiger partial charge on any atom is 0.349 e. The van der Waals surface area contributed by atoms with E-state index in [-0.39, 0.29) is 11.5 Å². The third-order valence-electron chi connectivity index (χ3n) is 4.81. The molecule has 4 rings (SSSR count). The fraction of sp³-hybridized carbons (Fsp3) is 0.227. The van der Waals surface area contributed by atoms with Gasteiger partial charge in [-0.1, -0.05) is 35.0 Å². The lowest BCUT2D eigenvalue weighted by Crippen LogP contribution is -2.21. The van der Waals surface area contributed by atoms with Crippen LogP contribution in [0.15, 0.2) is 62.3 Å². The highest BCUT2D eigenvalue weighted by Crippen LogP contribution is 2.26. The zero-order chi connectivity index (χ0) is 19.7. The summed E-state index contributed by atoms with van der Waals surface area (Å²) in [5.41, 5.74) is 3.29. The van der Waals surface area contributed by atoms with E-state index < -0.39 is 5.63 Å². The zero-order valence-corrected chi connectivity index (χ0v) is 16.1. The molecule has 2 aromatic carbocycles. The Balaban J connectivity index is 1.73. The van der Waals surface area contributed by atoms with Crippen molar-refractivity contribution in [3.8, 4) is 22.8 Å². The van der Waals surface area contributed by atoms with Crippen molar-refractivity contribution in [3.05, 3.63) is 64.5 Å². The van der Waals surface area contributed by atoms with Crippen molar-refractivity contribution in [2.45, 2.75) is 20.8 Å². The zero-order valence-electron chi connectivity index (χ0n) is 16.1. The molecule has 6 heteroatoms. The van der Waals surface area contributed by atoms with Crippen LogP contribution < -0.4 is 10.5 Å². The summed E-state index contributed by atoms with van der Waals surface area (Å²) >= 11 is 0. The van der Waals surface area contributed by atoms with Crippen LogP contribution in [0.1, 0.15) is 19.4 Å². The molecule has 28 heavy (non-hydrogen) atoms. The monoisotopic (exact) mass is 375 g/mol. The molecule has 0 spiro atoms. The van der Waals surface area contributed by atoms with E-state index in [4.69, 9.17) is 8.94 Å². The van der Waals surface area contributed by atoms with E-state index >= 15 is 0 Å². The lowest BCUT2D eigenvalue weighted by atomic mass is 10.1. The summed E-state index contributed by atoms with van der Waals surface area (Å²) in [6, 6.07) is 15.4. The minimum absolute atomic E-state index is 0.152. The first-order chi connectivity index (χ1) is 13.6. The Morgan fingerprint density at radius 1 is 1.00 bits per heavy atom. The highest BCUT2D eigenvalue weighted by atomic mass is 16.5. The van der Waals surface area contributed by atoms with Crippen molar-refractivity contribution >= 4 is 16.7 Å². The molecule has 0 atom stereocenters. The van der Waals surface area contributed by atoms with Gasteiger partial charge in [0.1, 0.15) is 11.1 Å². The molecule has 0 aliphatic rings. The topological polar surface area (TPSA) is 72.4 Å². The fourth-order valence-electron chi connectivity index (χ4n) is 3.19. The van der Waals surface area contributed by atoms with Gasteiger partial charge < -0.3 is 13.8 Å². The van der Waals surface area contributed by atoms with Crippen molar-refractivity contribution in [1.82, 2.24) is 10.1 Å². The van der Waals surface area contributed by atoms with E-state index in [9.17, 15) is 4.79 Å². The first-order valence-corrected chi connectivity index (χ1v) is 9.33. The van der Waals surface area contributed by atoms with Gasteiger partial charge in [-0.05, 0) is 39.0 Å². The van der Waals surface area contributed by atoms with Crippen LogP contribution in [0.4, 0.5) is 5.69 Å². The second-order valence-electron chi connectivity index (χ2n) is 6.63. The first-order valence-electron chi connectivity index (χ1n) is 9.33. The molecule has 0 fully saturated rings. The van der Waals surface area contributed by atoms with Gasteiger partial charge in [0, 0.05) is 35.8 Å². The Morgan fingerprint density at radius 3 is 2.46 bits per heavy atom. The number of aromatic nitrogens is 2. The van der Waals surface area contributed by atoms with Gasteiger partial charge in [0.25, 0.3) is 5.89 Å². The van der Waals surface area contributed by atoms with Gasteiger partial charge in [0.15, 0.2) is 0 Å². The lowest BCUT2D eigenvalue weighted by Gasteiger charge is -2.20. The smallest absolute Gasteiger partial charge is 0.349 e. The van der Waals surface area contributed by atoms with Crippen LogP contribution in [-0.4, -0.2) is 23.2 Å². The number of aryl methyl sites for hydroxylation is 1. The van der Waals surface area contributed by atoms with Crippen molar-refractivity contribution in [2.75, 3.05) is 18.0 Å². The molecule has 0 aliphatic carbocycles. The van der Waals surface area contributed by atoms with Crippen LogP contribution in [0.25, 0.3) is 33.8 Å². The minimum atomic E-state index is -0.497. The van der Waals surface area contributed by atoms with Crippen molar-refractivity contribution in [1.29, 1.82) is 0 Å². The Hall–Kier alpha value is -3.41. The lowest BCUT2D eigenvalue weighted by molar-refractivity contribution is 0.429. The van der Waals surface area contributed by atoms with Gasteiger partial charge in [-0.25, -0.2) is 4.79 Å². The Kier molecular flexibility index (Phi) is 4.69. The number of benzene rings is 2. The number of hydrogen-bond acceptors (Lipinski definition) is 6. The van der Waals surface area contributed by atoms with Crippen molar-refractivity contribution in [3.63, 3.8) is 0 Å². The standard InChI is InChI=1S/C22H21N3O3/c1-4-25(5-2)17-11-10-16-12-18(22(26)27-19(16)13-17)21-23-20(24-28-21)15-8-6-14(3)7-9-15/h6-13H,4-5H2,1-3H3. The average molecular weight is 375 g/mol. The predicted molar refractivity (Wildman–Crippen MR) is 110 cm³/mol. The van der Waals surface area contributed by atoms with Crippen molar-refractivity contribution in [2.24, 2.45) is 0 Å². The molecule has 0 N–H and O–H groups in total.